The van der Waals surface area contributed by atoms with E-state index in [1.54, 1.807) is 12.1 Å². The van der Waals surface area contributed by atoms with Crippen LogP contribution in [-0.2, 0) is 11.3 Å². The van der Waals surface area contributed by atoms with Crippen LogP contribution in [0.4, 0.5) is 4.39 Å². The number of benzene rings is 3. The van der Waals surface area contributed by atoms with Gasteiger partial charge in [0.2, 0.25) is 5.91 Å². The third-order valence-electron chi connectivity index (χ3n) is 5.05. The van der Waals surface area contributed by atoms with Crippen LogP contribution in [0, 0.1) is 5.82 Å². The van der Waals surface area contributed by atoms with E-state index in [-0.39, 0.29) is 17.5 Å². The first-order valence-electron chi connectivity index (χ1n) is 10.1. The molecule has 0 aliphatic rings. The molecule has 0 spiro atoms. The van der Waals surface area contributed by atoms with E-state index < -0.39 is 0 Å². The van der Waals surface area contributed by atoms with Gasteiger partial charge in [-0.25, -0.2) is 4.39 Å². The Kier molecular flexibility index (Phi) is 6.57. The predicted octanol–water partition coefficient (Wildman–Crippen LogP) is 5.58. The van der Waals surface area contributed by atoms with Crippen molar-refractivity contribution < 1.29 is 9.18 Å². The second-order valence-electron chi connectivity index (χ2n) is 7.09. The Morgan fingerprint density at radius 3 is 2.29 bits per heavy atom. The van der Waals surface area contributed by atoms with Crippen LogP contribution < -0.4 is 0 Å². The van der Waals surface area contributed by atoms with Crippen molar-refractivity contribution >= 4 is 28.4 Å². The molecule has 0 saturated heterocycles. The first-order valence-corrected chi connectivity index (χ1v) is 11.1. The molecule has 4 nitrogen and oxygen atoms in total. The van der Waals surface area contributed by atoms with Crippen molar-refractivity contribution in [2.24, 2.45) is 0 Å². The zero-order valence-corrected chi connectivity index (χ0v) is 18.0. The van der Waals surface area contributed by atoms with E-state index in [2.05, 4.69) is 10.2 Å². The summed E-state index contributed by atoms with van der Waals surface area (Å²) in [5.74, 6) is 0.0578. The van der Waals surface area contributed by atoms with Crippen molar-refractivity contribution in [1.29, 1.82) is 0 Å². The molecule has 0 N–H and O–H groups in total. The summed E-state index contributed by atoms with van der Waals surface area (Å²) in [5.41, 5.74) is 2.61. The highest BCUT2D eigenvalue weighted by Crippen LogP contribution is 2.31. The van der Waals surface area contributed by atoms with Crippen LogP contribution in [0.15, 0.2) is 83.9 Å². The average molecular weight is 432 g/mol. The zero-order valence-electron chi connectivity index (χ0n) is 17.2. The smallest absolute Gasteiger partial charge is 0.233 e. The maximum atomic E-state index is 13.3. The highest BCUT2D eigenvalue weighted by molar-refractivity contribution is 8.00. The van der Waals surface area contributed by atoms with E-state index in [0.717, 1.165) is 21.9 Å². The fraction of sp³-hybridized carbons (Fsp3) is 0.160. The molecule has 0 bridgehead atoms. The summed E-state index contributed by atoms with van der Waals surface area (Å²) >= 11 is 1.39. The number of rotatable bonds is 7. The van der Waals surface area contributed by atoms with Crippen molar-refractivity contribution in [3.8, 4) is 11.3 Å². The van der Waals surface area contributed by atoms with Crippen LogP contribution in [0.3, 0.4) is 0 Å². The van der Waals surface area contributed by atoms with Crippen LogP contribution in [0.2, 0.25) is 0 Å². The van der Waals surface area contributed by atoms with E-state index in [4.69, 9.17) is 0 Å². The van der Waals surface area contributed by atoms with Gasteiger partial charge in [0.15, 0.2) is 0 Å². The lowest BCUT2D eigenvalue weighted by Crippen LogP contribution is -2.31. The Labute approximate surface area is 185 Å². The Balaban J connectivity index is 1.54. The number of fused-ring (bicyclic) bond motifs is 1. The molecule has 156 valence electrons. The molecule has 0 atom stereocenters. The minimum absolute atomic E-state index is 0.0600. The average Bonchev–Trinajstić information content (AvgIpc) is 2.82. The molecule has 0 aliphatic carbocycles. The van der Waals surface area contributed by atoms with Crippen molar-refractivity contribution in [3.63, 3.8) is 0 Å². The summed E-state index contributed by atoms with van der Waals surface area (Å²) in [6.45, 7) is 3.22. The number of carbonyl (C=O) groups excluding carboxylic acids is 1. The molecule has 1 heterocycles. The second-order valence-corrected chi connectivity index (χ2v) is 8.05. The topological polar surface area (TPSA) is 46.1 Å². The summed E-state index contributed by atoms with van der Waals surface area (Å²) in [6.07, 6.45) is 0. The lowest BCUT2D eigenvalue weighted by atomic mass is 10.1. The summed E-state index contributed by atoms with van der Waals surface area (Å²) in [5, 5.41) is 11.4. The quantitative estimate of drug-likeness (QED) is 0.359. The maximum Gasteiger partial charge on any atom is 0.233 e. The van der Waals surface area contributed by atoms with Gasteiger partial charge in [-0.2, -0.15) is 0 Å². The molecular formula is C25H22FN3OS. The first kappa shape index (κ1) is 21.0. The SMILES string of the molecule is CCN(Cc1ccccc1)C(=O)CSc1nnc(-c2ccc(F)cc2)c2ccccc12. The minimum Gasteiger partial charge on any atom is -0.338 e. The van der Waals surface area contributed by atoms with Gasteiger partial charge in [0, 0.05) is 29.4 Å². The van der Waals surface area contributed by atoms with Crippen LogP contribution in [0.5, 0.6) is 0 Å². The summed E-state index contributed by atoms with van der Waals surface area (Å²) < 4.78 is 13.3. The number of hydrogen-bond donors (Lipinski definition) is 0. The van der Waals surface area contributed by atoms with Crippen LogP contribution in [-0.4, -0.2) is 33.3 Å². The summed E-state index contributed by atoms with van der Waals surface area (Å²) in [7, 11) is 0. The molecule has 1 amide bonds. The lowest BCUT2D eigenvalue weighted by Gasteiger charge is -2.21. The zero-order chi connectivity index (χ0) is 21.6. The molecule has 1 aromatic heterocycles. The van der Waals surface area contributed by atoms with E-state index in [9.17, 15) is 9.18 Å². The van der Waals surface area contributed by atoms with Crippen molar-refractivity contribution in [3.05, 3.63) is 90.2 Å². The van der Waals surface area contributed by atoms with Crippen molar-refractivity contribution in [2.45, 2.75) is 18.5 Å². The van der Waals surface area contributed by atoms with Gasteiger partial charge >= 0.3 is 0 Å². The molecule has 0 fully saturated rings. The number of nitrogens with zero attached hydrogens (tertiary/aromatic N) is 3. The van der Waals surface area contributed by atoms with Crippen LogP contribution in [0.1, 0.15) is 12.5 Å². The van der Waals surface area contributed by atoms with Gasteiger partial charge in [0.1, 0.15) is 16.5 Å². The third-order valence-corrected chi connectivity index (χ3v) is 6.02. The fourth-order valence-electron chi connectivity index (χ4n) is 3.41. The maximum absolute atomic E-state index is 13.3. The van der Waals surface area contributed by atoms with Crippen molar-refractivity contribution in [1.82, 2.24) is 15.1 Å². The van der Waals surface area contributed by atoms with Gasteiger partial charge in [0.25, 0.3) is 0 Å². The molecule has 0 unspecified atom stereocenters. The van der Waals surface area contributed by atoms with E-state index >= 15 is 0 Å². The largest absolute Gasteiger partial charge is 0.338 e. The predicted molar refractivity (Wildman–Crippen MR) is 123 cm³/mol. The third kappa shape index (κ3) is 4.91. The highest BCUT2D eigenvalue weighted by Gasteiger charge is 2.16. The number of carbonyl (C=O) groups is 1. The van der Waals surface area contributed by atoms with Gasteiger partial charge in [-0.15, -0.1) is 10.2 Å². The Morgan fingerprint density at radius 2 is 1.58 bits per heavy atom. The lowest BCUT2D eigenvalue weighted by molar-refractivity contribution is -0.128. The highest BCUT2D eigenvalue weighted by atomic mass is 32.2. The molecule has 3 aromatic carbocycles. The van der Waals surface area contributed by atoms with Gasteiger partial charge in [-0.05, 0) is 36.8 Å². The number of thioether (sulfide) groups is 1. The molecular weight excluding hydrogens is 409 g/mol. The molecule has 0 saturated carbocycles. The molecule has 6 heteroatoms. The molecule has 4 rings (SSSR count). The molecule has 31 heavy (non-hydrogen) atoms. The Morgan fingerprint density at radius 1 is 0.903 bits per heavy atom. The van der Waals surface area contributed by atoms with Gasteiger partial charge < -0.3 is 4.90 Å². The Hall–Kier alpha value is -3.25. The van der Waals surface area contributed by atoms with Gasteiger partial charge in [0.05, 0.1) is 5.75 Å². The molecule has 0 radical (unpaired) electrons. The normalized spacial score (nSPS) is 10.9. The van der Waals surface area contributed by atoms with E-state index in [1.165, 1.54) is 23.9 Å². The minimum atomic E-state index is -0.289. The van der Waals surface area contributed by atoms with Gasteiger partial charge in [-0.3, -0.25) is 4.79 Å². The number of hydrogen-bond acceptors (Lipinski definition) is 4. The van der Waals surface area contributed by atoms with Crippen LogP contribution in [0.25, 0.3) is 22.0 Å². The summed E-state index contributed by atoms with van der Waals surface area (Å²) in [6, 6.07) is 24.0. The van der Waals surface area contributed by atoms with Crippen molar-refractivity contribution in [2.75, 3.05) is 12.3 Å². The van der Waals surface area contributed by atoms with Crippen LogP contribution >= 0.6 is 11.8 Å². The Bertz CT molecular complexity index is 1180. The second kappa shape index (κ2) is 9.71. The fourth-order valence-corrected chi connectivity index (χ4v) is 4.28. The van der Waals surface area contributed by atoms with Gasteiger partial charge in [-0.1, -0.05) is 66.4 Å². The standard InChI is InChI=1S/C25H22FN3OS/c1-2-29(16-18-8-4-3-5-9-18)23(30)17-31-25-22-11-7-6-10-21(22)24(27-28-25)19-12-14-20(26)15-13-19/h3-15H,2,16-17H2,1H3. The molecule has 0 aliphatic heterocycles. The number of amides is 1. The number of halogens is 1. The van der Waals surface area contributed by atoms with E-state index in [0.29, 0.717) is 23.8 Å². The summed E-state index contributed by atoms with van der Waals surface area (Å²) in [4.78, 5) is 14.7. The molecule has 4 aromatic rings. The monoisotopic (exact) mass is 431 g/mol. The number of aromatic nitrogens is 2. The first-order chi connectivity index (χ1) is 15.2. The van der Waals surface area contributed by atoms with E-state index in [1.807, 2.05) is 66.4 Å².